The van der Waals surface area contributed by atoms with Crippen molar-refractivity contribution < 1.29 is 0 Å². The van der Waals surface area contributed by atoms with Gasteiger partial charge < -0.3 is 10.6 Å². The molecule has 20 heavy (non-hydrogen) atoms. The fourth-order valence-corrected chi connectivity index (χ4v) is 2.08. The Balaban J connectivity index is 1.93. The van der Waals surface area contributed by atoms with Gasteiger partial charge in [-0.3, -0.25) is 0 Å². The smallest absolute Gasteiger partial charge is 0.131 e. The molecule has 0 saturated carbocycles. The average Bonchev–Trinajstić information content (AvgIpc) is 2.46. The number of benzene rings is 1. The highest BCUT2D eigenvalue weighted by atomic mass is 79.9. The van der Waals surface area contributed by atoms with Crippen LogP contribution in [-0.2, 0) is 6.54 Å². The zero-order valence-electron chi connectivity index (χ0n) is 10.8. The molecule has 0 aliphatic rings. The maximum absolute atomic E-state index is 8.49. The van der Waals surface area contributed by atoms with Crippen molar-refractivity contribution in [2.75, 3.05) is 17.2 Å². The number of hydrogen-bond acceptors (Lipinski definition) is 5. The van der Waals surface area contributed by atoms with Crippen molar-refractivity contribution >= 4 is 27.6 Å². The molecule has 0 amide bonds. The number of anilines is 2. The zero-order valence-corrected chi connectivity index (χ0v) is 12.4. The Morgan fingerprint density at radius 3 is 2.70 bits per heavy atom. The molecular weight excluding hydrogens is 318 g/mol. The van der Waals surface area contributed by atoms with Gasteiger partial charge in [0.05, 0.1) is 12.5 Å². The van der Waals surface area contributed by atoms with Crippen molar-refractivity contribution in [2.24, 2.45) is 0 Å². The normalized spacial score (nSPS) is 9.80. The molecule has 2 aromatic rings. The first kappa shape index (κ1) is 14.3. The summed E-state index contributed by atoms with van der Waals surface area (Å²) in [7, 11) is 0. The van der Waals surface area contributed by atoms with Gasteiger partial charge in [0.2, 0.25) is 0 Å². The van der Waals surface area contributed by atoms with Gasteiger partial charge in [0.1, 0.15) is 18.0 Å². The highest BCUT2D eigenvalue weighted by Crippen LogP contribution is 2.14. The summed E-state index contributed by atoms with van der Waals surface area (Å²) in [6.45, 7) is 1.27. The lowest BCUT2D eigenvalue weighted by molar-refractivity contribution is 1.03. The van der Waals surface area contributed by atoms with Gasteiger partial charge in [-0.05, 0) is 17.7 Å². The van der Waals surface area contributed by atoms with Gasteiger partial charge in [-0.1, -0.05) is 28.1 Å². The minimum atomic E-state index is 0.449. The van der Waals surface area contributed by atoms with Crippen LogP contribution in [0.15, 0.2) is 41.1 Å². The van der Waals surface area contributed by atoms with Crippen LogP contribution in [-0.4, -0.2) is 16.5 Å². The average molecular weight is 332 g/mol. The number of hydrogen-bond donors (Lipinski definition) is 2. The van der Waals surface area contributed by atoms with Crippen molar-refractivity contribution in [1.29, 1.82) is 5.26 Å². The van der Waals surface area contributed by atoms with Crippen LogP contribution in [0, 0.1) is 11.3 Å². The van der Waals surface area contributed by atoms with Crippen molar-refractivity contribution in [3.05, 3.63) is 46.7 Å². The van der Waals surface area contributed by atoms with Crippen molar-refractivity contribution in [3.8, 4) is 6.07 Å². The molecule has 0 bridgehead atoms. The van der Waals surface area contributed by atoms with Crippen LogP contribution in [0.5, 0.6) is 0 Å². The monoisotopic (exact) mass is 331 g/mol. The summed E-state index contributed by atoms with van der Waals surface area (Å²) in [6, 6.07) is 12.0. The quantitative estimate of drug-likeness (QED) is 0.795. The van der Waals surface area contributed by atoms with Crippen LogP contribution in [0.1, 0.15) is 12.0 Å². The maximum Gasteiger partial charge on any atom is 0.131 e. The van der Waals surface area contributed by atoms with E-state index < -0.39 is 0 Å². The molecule has 0 radical (unpaired) electrons. The third-order valence-corrected chi connectivity index (χ3v) is 3.07. The van der Waals surface area contributed by atoms with Gasteiger partial charge in [-0.25, -0.2) is 9.97 Å². The molecule has 5 nitrogen and oxygen atoms in total. The molecule has 0 unspecified atom stereocenters. The van der Waals surface area contributed by atoms with Gasteiger partial charge in [-0.2, -0.15) is 5.26 Å². The van der Waals surface area contributed by atoms with Crippen LogP contribution in [0.25, 0.3) is 0 Å². The molecule has 0 aliphatic heterocycles. The standard InChI is InChI=1S/C14H14BrN5/c15-12-4-1-3-11(7-12)9-18-14-8-13(19-10-20-14)17-6-2-5-16/h1,3-4,7-8,10H,2,6,9H2,(H2,17,18,19,20). The summed E-state index contributed by atoms with van der Waals surface area (Å²) >= 11 is 3.45. The first-order valence-corrected chi connectivity index (χ1v) is 6.98. The second-order valence-corrected chi connectivity index (χ2v) is 5.02. The number of nitrogens with one attached hydrogen (secondary N) is 2. The SMILES string of the molecule is N#CCCNc1cc(NCc2cccc(Br)c2)ncn1. The molecule has 0 aliphatic carbocycles. The molecule has 0 atom stereocenters. The number of nitriles is 1. The Hall–Kier alpha value is -2.13. The molecule has 1 aromatic heterocycles. The lowest BCUT2D eigenvalue weighted by atomic mass is 10.2. The summed E-state index contributed by atoms with van der Waals surface area (Å²) in [6.07, 6.45) is 1.95. The van der Waals surface area contributed by atoms with E-state index in [1.54, 1.807) is 0 Å². The van der Waals surface area contributed by atoms with Gasteiger partial charge in [0.25, 0.3) is 0 Å². The number of aromatic nitrogens is 2. The van der Waals surface area contributed by atoms with E-state index in [0.29, 0.717) is 25.3 Å². The van der Waals surface area contributed by atoms with E-state index in [4.69, 9.17) is 5.26 Å². The lowest BCUT2D eigenvalue weighted by Gasteiger charge is -2.08. The van der Waals surface area contributed by atoms with Crippen LogP contribution >= 0.6 is 15.9 Å². The lowest BCUT2D eigenvalue weighted by Crippen LogP contribution is -2.05. The van der Waals surface area contributed by atoms with Gasteiger partial charge in [0, 0.05) is 23.6 Å². The second-order valence-electron chi connectivity index (χ2n) is 4.11. The van der Waals surface area contributed by atoms with Crippen LogP contribution in [0.2, 0.25) is 0 Å². The third-order valence-electron chi connectivity index (χ3n) is 2.57. The van der Waals surface area contributed by atoms with E-state index in [-0.39, 0.29) is 0 Å². The number of rotatable bonds is 6. The van der Waals surface area contributed by atoms with E-state index in [9.17, 15) is 0 Å². The minimum absolute atomic E-state index is 0.449. The summed E-state index contributed by atoms with van der Waals surface area (Å²) < 4.78 is 1.05. The van der Waals surface area contributed by atoms with Crippen LogP contribution in [0.3, 0.4) is 0 Å². The van der Waals surface area contributed by atoms with Crippen LogP contribution < -0.4 is 10.6 Å². The number of halogens is 1. The fraction of sp³-hybridized carbons (Fsp3) is 0.214. The van der Waals surface area contributed by atoms with Gasteiger partial charge in [0.15, 0.2) is 0 Å². The largest absolute Gasteiger partial charge is 0.369 e. The summed E-state index contributed by atoms with van der Waals surface area (Å²) in [5, 5.41) is 14.8. The van der Waals surface area contributed by atoms with E-state index in [0.717, 1.165) is 15.9 Å². The molecule has 0 fully saturated rings. The molecular formula is C14H14BrN5. The molecule has 2 N–H and O–H groups in total. The first-order chi connectivity index (χ1) is 9.78. The number of nitrogens with zero attached hydrogens (tertiary/aromatic N) is 3. The van der Waals surface area contributed by atoms with Gasteiger partial charge >= 0.3 is 0 Å². The highest BCUT2D eigenvalue weighted by molar-refractivity contribution is 9.10. The second kappa shape index (κ2) is 7.46. The Morgan fingerprint density at radius 2 is 1.95 bits per heavy atom. The Morgan fingerprint density at radius 1 is 1.15 bits per heavy atom. The van der Waals surface area contributed by atoms with Crippen LogP contribution in [0.4, 0.5) is 11.6 Å². The van der Waals surface area contributed by atoms with Crippen molar-refractivity contribution in [3.63, 3.8) is 0 Å². The summed E-state index contributed by atoms with van der Waals surface area (Å²) in [4.78, 5) is 8.27. The fourth-order valence-electron chi connectivity index (χ4n) is 1.64. The van der Waals surface area contributed by atoms with Crippen molar-refractivity contribution in [1.82, 2.24) is 9.97 Å². The molecule has 102 valence electrons. The first-order valence-electron chi connectivity index (χ1n) is 6.19. The summed E-state index contributed by atoms with van der Waals surface area (Å²) in [5.74, 6) is 1.46. The maximum atomic E-state index is 8.49. The van der Waals surface area contributed by atoms with E-state index in [1.165, 1.54) is 6.33 Å². The third kappa shape index (κ3) is 4.52. The van der Waals surface area contributed by atoms with E-state index in [2.05, 4.69) is 48.7 Å². The molecule has 0 spiro atoms. The van der Waals surface area contributed by atoms with Gasteiger partial charge in [-0.15, -0.1) is 0 Å². The zero-order chi connectivity index (χ0) is 14.2. The predicted molar refractivity (Wildman–Crippen MR) is 82.2 cm³/mol. The Bertz CT molecular complexity index is 609. The molecule has 1 aromatic carbocycles. The Labute approximate surface area is 126 Å². The predicted octanol–water partition coefficient (Wildman–Crippen LogP) is 3.18. The Kier molecular flexibility index (Phi) is 5.33. The van der Waals surface area contributed by atoms with Crippen molar-refractivity contribution in [2.45, 2.75) is 13.0 Å². The van der Waals surface area contributed by atoms with E-state index >= 15 is 0 Å². The summed E-state index contributed by atoms with van der Waals surface area (Å²) in [5.41, 5.74) is 1.16. The minimum Gasteiger partial charge on any atom is -0.369 e. The van der Waals surface area contributed by atoms with E-state index in [1.807, 2.05) is 24.3 Å². The molecule has 0 saturated heterocycles. The molecule has 2 rings (SSSR count). The molecule has 1 heterocycles. The highest BCUT2D eigenvalue weighted by Gasteiger charge is 1.99. The molecule has 6 heteroatoms. The topological polar surface area (TPSA) is 73.6 Å².